The Kier molecular flexibility index (Phi) is 6.63. The molecule has 3 aromatic heterocycles. The molecule has 1 aliphatic rings. The molecule has 194 valence electrons. The normalized spacial score (nSPS) is 12.7. The van der Waals surface area contributed by atoms with Crippen molar-refractivity contribution in [1.82, 2.24) is 14.9 Å². The van der Waals surface area contributed by atoms with Crippen LogP contribution in [0, 0.1) is 18.8 Å². The van der Waals surface area contributed by atoms with Gasteiger partial charge in [0, 0.05) is 38.3 Å². The van der Waals surface area contributed by atoms with Crippen LogP contribution >= 0.6 is 0 Å². The Bertz CT molecular complexity index is 1800. The van der Waals surface area contributed by atoms with Crippen LogP contribution in [-0.2, 0) is 21.1 Å². The van der Waals surface area contributed by atoms with Crippen LogP contribution in [0.4, 0.5) is 22.9 Å². The van der Waals surface area contributed by atoms with E-state index in [9.17, 15) is 0 Å². The van der Waals surface area contributed by atoms with Gasteiger partial charge in [-0.15, -0.1) is 42.1 Å². The van der Waals surface area contributed by atoms with Gasteiger partial charge in [0.2, 0.25) is 0 Å². The van der Waals surface area contributed by atoms with E-state index in [0.717, 1.165) is 56.1 Å². The van der Waals surface area contributed by atoms with Gasteiger partial charge in [-0.2, -0.15) is 12.7 Å². The average Bonchev–Trinajstić information content (AvgIpc) is 3.58. The maximum absolute atomic E-state index is 6.22. The molecule has 0 spiro atoms. The summed E-state index contributed by atoms with van der Waals surface area (Å²) in [6.07, 6.45) is 7.54. The predicted octanol–water partition coefficient (Wildman–Crippen LogP) is 7.45. The first-order valence-electron chi connectivity index (χ1n) is 12.3. The largest absolute Gasteiger partial charge is 0.510 e. The van der Waals surface area contributed by atoms with Crippen molar-refractivity contribution in [3.8, 4) is 11.3 Å². The van der Waals surface area contributed by atoms with Gasteiger partial charge in [0.25, 0.3) is 0 Å². The Hall–Kier alpha value is -4.41. The first kappa shape index (κ1) is 24.9. The Morgan fingerprint density at radius 3 is 2.62 bits per heavy atom. The summed E-state index contributed by atoms with van der Waals surface area (Å²) < 4.78 is 6.22. The van der Waals surface area contributed by atoms with Gasteiger partial charge in [0.05, 0.1) is 11.8 Å². The maximum atomic E-state index is 6.22. The molecule has 4 heterocycles. The van der Waals surface area contributed by atoms with Crippen molar-refractivity contribution in [3.05, 3.63) is 129 Å². The zero-order valence-corrected chi connectivity index (χ0v) is 23.2. The van der Waals surface area contributed by atoms with Crippen LogP contribution in [0.1, 0.15) is 0 Å². The monoisotopic (exact) mass is 687 g/mol. The first-order chi connectivity index (χ1) is 18.7. The Balaban J connectivity index is 0.00000277. The number of furan rings is 1. The van der Waals surface area contributed by atoms with E-state index >= 15 is 0 Å². The molecule has 6 aromatic rings. The summed E-state index contributed by atoms with van der Waals surface area (Å²) in [5.41, 5.74) is 5.89. The van der Waals surface area contributed by atoms with Crippen LogP contribution < -0.4 is 9.80 Å². The number of para-hydroxylation sites is 1. The summed E-state index contributed by atoms with van der Waals surface area (Å²) >= 11 is 0. The molecule has 7 rings (SSSR count). The van der Waals surface area contributed by atoms with E-state index in [2.05, 4.69) is 34.1 Å². The van der Waals surface area contributed by atoms with Crippen molar-refractivity contribution >= 4 is 44.8 Å². The van der Waals surface area contributed by atoms with Gasteiger partial charge in [-0.25, -0.2) is 0 Å². The average molecular weight is 688 g/mol. The fraction of sp³-hybridized carbons (Fsp3) is 0.0312. The number of aromatic nitrogens is 2. The molecular weight excluding hydrogens is 665 g/mol. The van der Waals surface area contributed by atoms with Gasteiger partial charge in [-0.1, -0.05) is 47.0 Å². The molecule has 0 saturated carbocycles. The molecule has 7 heteroatoms. The van der Waals surface area contributed by atoms with E-state index in [1.54, 1.807) is 12.4 Å². The zero-order valence-electron chi connectivity index (χ0n) is 20.9. The molecule has 6 nitrogen and oxygen atoms in total. The summed E-state index contributed by atoms with van der Waals surface area (Å²) in [4.78, 5) is 15.5. The number of anilines is 4. The number of fused-ring (bicyclic) bond motifs is 3. The minimum Gasteiger partial charge on any atom is -0.510 e. The Morgan fingerprint density at radius 1 is 0.897 bits per heavy atom. The Morgan fingerprint density at radius 2 is 1.77 bits per heavy atom. The number of hydrogen-bond acceptors (Lipinski definition) is 6. The number of nitrogens with zero attached hydrogens (tertiary/aromatic N) is 5. The van der Waals surface area contributed by atoms with Crippen molar-refractivity contribution in [2.24, 2.45) is 0 Å². The van der Waals surface area contributed by atoms with Crippen molar-refractivity contribution in [3.63, 3.8) is 0 Å². The smallest absolute Gasteiger partial charge is 0.139 e. The minimum absolute atomic E-state index is 0. The third-order valence-electron chi connectivity index (χ3n) is 6.52. The number of pyridine rings is 2. The third-order valence-corrected chi connectivity index (χ3v) is 6.52. The van der Waals surface area contributed by atoms with E-state index in [-0.39, 0.29) is 21.1 Å². The Labute approximate surface area is 241 Å². The molecule has 0 atom stereocenters. The van der Waals surface area contributed by atoms with Crippen molar-refractivity contribution < 1.29 is 25.5 Å². The van der Waals surface area contributed by atoms with E-state index in [1.165, 1.54) is 0 Å². The van der Waals surface area contributed by atoms with Crippen LogP contribution in [0.25, 0.3) is 33.2 Å². The van der Waals surface area contributed by atoms with E-state index in [1.807, 2.05) is 109 Å². The molecule has 39 heavy (non-hydrogen) atoms. The fourth-order valence-corrected chi connectivity index (χ4v) is 4.76. The minimum atomic E-state index is 0. The summed E-state index contributed by atoms with van der Waals surface area (Å²) in [7, 11) is 2.00. The third kappa shape index (κ3) is 4.58. The summed E-state index contributed by atoms with van der Waals surface area (Å²) in [6.45, 7) is 2.01. The molecule has 0 unspecified atom stereocenters. The first-order valence-corrected chi connectivity index (χ1v) is 12.3. The van der Waals surface area contributed by atoms with Crippen LogP contribution in [0.15, 0.2) is 114 Å². The maximum Gasteiger partial charge on any atom is 0.139 e. The van der Waals surface area contributed by atoms with Crippen LogP contribution in [0.3, 0.4) is 0 Å². The van der Waals surface area contributed by atoms with Crippen LogP contribution in [-0.4, -0.2) is 21.9 Å². The van der Waals surface area contributed by atoms with Gasteiger partial charge in [0.15, 0.2) is 0 Å². The second-order valence-electron chi connectivity index (χ2n) is 9.03. The van der Waals surface area contributed by atoms with Crippen molar-refractivity contribution in [2.75, 3.05) is 16.8 Å². The summed E-state index contributed by atoms with van der Waals surface area (Å²) in [5, 5.41) is 2.04. The molecule has 0 amide bonds. The molecular formula is C32H22N5OPt-3. The van der Waals surface area contributed by atoms with Crippen molar-refractivity contribution in [2.45, 2.75) is 0 Å². The molecule has 0 saturated heterocycles. The standard InChI is InChI=1S/C32H22N5O.Pt/c1-35-18-19-36(22-35)24-10-5-11-25(20-24)37(23-8-3-2-4-9-23)31-15-7-14-29(34-31)28-13-6-12-27-26-16-17-33-21-30(26)38-32(27)28;/h2-12,14-19,21-22H,1H3;/q-3;. The van der Waals surface area contributed by atoms with Gasteiger partial charge >= 0.3 is 0 Å². The summed E-state index contributed by atoms with van der Waals surface area (Å²) in [6, 6.07) is 35.2. The predicted molar refractivity (Wildman–Crippen MR) is 151 cm³/mol. The molecule has 0 radical (unpaired) electrons. The van der Waals surface area contributed by atoms with Gasteiger partial charge < -0.3 is 19.1 Å². The fourth-order valence-electron chi connectivity index (χ4n) is 4.76. The molecule has 1 aliphatic heterocycles. The number of hydrogen-bond donors (Lipinski definition) is 0. The van der Waals surface area contributed by atoms with Crippen LogP contribution in [0.5, 0.6) is 0 Å². The zero-order chi connectivity index (χ0) is 25.5. The molecule has 0 bridgehead atoms. The molecule has 0 N–H and O–H groups in total. The van der Waals surface area contributed by atoms with E-state index in [0.29, 0.717) is 0 Å². The molecule has 3 aromatic carbocycles. The number of benzene rings is 3. The number of rotatable bonds is 5. The topological polar surface area (TPSA) is 48.6 Å². The quantitative estimate of drug-likeness (QED) is 0.176. The molecule has 0 aliphatic carbocycles. The molecule has 0 fully saturated rings. The van der Waals surface area contributed by atoms with Gasteiger partial charge in [0.1, 0.15) is 11.4 Å². The second kappa shape index (κ2) is 10.4. The van der Waals surface area contributed by atoms with Crippen molar-refractivity contribution in [1.29, 1.82) is 0 Å². The van der Waals surface area contributed by atoms with Gasteiger partial charge in [-0.05, 0) is 49.4 Å². The van der Waals surface area contributed by atoms with Gasteiger partial charge in [-0.3, -0.25) is 9.97 Å². The summed E-state index contributed by atoms with van der Waals surface area (Å²) in [5.74, 6) is 0.767. The van der Waals surface area contributed by atoms with Crippen LogP contribution in [0.2, 0.25) is 0 Å². The van der Waals surface area contributed by atoms with E-state index < -0.39 is 0 Å². The van der Waals surface area contributed by atoms with E-state index in [4.69, 9.17) is 9.40 Å². The second-order valence-corrected chi connectivity index (χ2v) is 9.03. The SMILES string of the molecule is CN1C=CN(c2[c-]c(N(c3ccccc3)c3cccc(-c4[c-]ccc5c4oc4cnccc45)n3)ccc2)[CH-]1.[Pt].